The summed E-state index contributed by atoms with van der Waals surface area (Å²) in [7, 11) is 0. The Labute approximate surface area is 132 Å². The highest BCUT2D eigenvalue weighted by Gasteiger charge is 2.12. The van der Waals surface area contributed by atoms with Gasteiger partial charge in [-0.05, 0) is 56.0 Å². The molecule has 1 N–H and O–H groups in total. The van der Waals surface area contributed by atoms with Crippen LogP contribution in [0.4, 0.5) is 0 Å². The van der Waals surface area contributed by atoms with E-state index in [1.54, 1.807) is 6.20 Å². The highest BCUT2D eigenvalue weighted by atomic mass is 35.5. The van der Waals surface area contributed by atoms with Crippen molar-refractivity contribution in [1.82, 2.24) is 10.3 Å². The Morgan fingerprint density at radius 2 is 2.10 bits per heavy atom. The Hall–Kier alpha value is -1.38. The summed E-state index contributed by atoms with van der Waals surface area (Å²) >= 11 is 6.25. The number of halogens is 1. The van der Waals surface area contributed by atoms with Gasteiger partial charge in [-0.1, -0.05) is 48.4 Å². The van der Waals surface area contributed by atoms with E-state index in [9.17, 15) is 0 Å². The van der Waals surface area contributed by atoms with E-state index in [4.69, 9.17) is 11.6 Å². The van der Waals surface area contributed by atoms with Crippen molar-refractivity contribution in [3.8, 4) is 0 Å². The number of pyridine rings is 1. The monoisotopic (exact) mass is 302 g/mol. The third-order valence-electron chi connectivity index (χ3n) is 3.65. The van der Waals surface area contributed by atoms with E-state index < -0.39 is 0 Å². The summed E-state index contributed by atoms with van der Waals surface area (Å²) in [5.41, 5.74) is 3.89. The molecule has 21 heavy (non-hydrogen) atoms. The average Bonchev–Trinajstić information content (AvgIpc) is 2.47. The van der Waals surface area contributed by atoms with Crippen LogP contribution in [0, 0.1) is 12.8 Å². The molecule has 0 aliphatic rings. The van der Waals surface area contributed by atoms with Crippen LogP contribution >= 0.6 is 11.6 Å². The molecule has 0 bridgehead atoms. The van der Waals surface area contributed by atoms with Crippen LogP contribution in [0.25, 0.3) is 0 Å². The van der Waals surface area contributed by atoms with Crippen LogP contribution in [0.5, 0.6) is 0 Å². The first-order chi connectivity index (χ1) is 10.2. The van der Waals surface area contributed by atoms with Gasteiger partial charge in [-0.3, -0.25) is 4.98 Å². The highest BCUT2D eigenvalue weighted by molar-refractivity contribution is 6.31. The predicted molar refractivity (Wildman–Crippen MR) is 89.9 cm³/mol. The maximum Gasteiger partial charge on any atom is 0.0621 e. The summed E-state index contributed by atoms with van der Waals surface area (Å²) in [6.45, 7) is 6.28. The number of hydrogen-bond donors (Lipinski definition) is 1. The summed E-state index contributed by atoms with van der Waals surface area (Å²) in [6.07, 6.45) is 5.58. The van der Waals surface area contributed by atoms with E-state index in [0.717, 1.165) is 31.0 Å². The molecule has 0 amide bonds. The molecule has 1 aromatic carbocycles. The molecule has 2 rings (SSSR count). The second-order valence-electron chi connectivity index (χ2n) is 5.54. The number of hydrogen-bond acceptors (Lipinski definition) is 2. The lowest BCUT2D eigenvalue weighted by atomic mass is 9.92. The molecule has 2 nitrogen and oxygen atoms in total. The SMILES string of the molecule is CCNCC(Cc1cccc(C)c1)Cc1ccncc1Cl. The van der Waals surface area contributed by atoms with Crippen molar-refractivity contribution in [1.29, 1.82) is 0 Å². The normalized spacial score (nSPS) is 12.3. The molecule has 1 aromatic heterocycles. The lowest BCUT2D eigenvalue weighted by molar-refractivity contribution is 0.478. The fourth-order valence-electron chi connectivity index (χ4n) is 2.62. The molecule has 0 spiro atoms. The predicted octanol–water partition coefficient (Wildman–Crippen LogP) is 4.05. The third-order valence-corrected chi connectivity index (χ3v) is 4.00. The standard InChI is InChI=1S/C18H23ClN2/c1-3-20-12-16(10-15-6-4-5-14(2)9-15)11-17-7-8-21-13-18(17)19/h4-9,13,16,20H,3,10-12H2,1-2H3. The minimum absolute atomic E-state index is 0.534. The summed E-state index contributed by atoms with van der Waals surface area (Å²) in [5, 5.41) is 4.23. The summed E-state index contributed by atoms with van der Waals surface area (Å²) < 4.78 is 0. The molecule has 0 saturated carbocycles. The van der Waals surface area contributed by atoms with Gasteiger partial charge in [-0.25, -0.2) is 0 Å². The van der Waals surface area contributed by atoms with Gasteiger partial charge in [0, 0.05) is 12.4 Å². The first-order valence-corrected chi connectivity index (χ1v) is 7.91. The highest BCUT2D eigenvalue weighted by Crippen LogP contribution is 2.20. The maximum absolute atomic E-state index is 6.25. The Morgan fingerprint density at radius 3 is 2.81 bits per heavy atom. The molecule has 112 valence electrons. The van der Waals surface area contributed by atoms with Gasteiger partial charge >= 0.3 is 0 Å². The molecule has 0 saturated heterocycles. The van der Waals surface area contributed by atoms with Crippen molar-refractivity contribution in [2.45, 2.75) is 26.7 Å². The van der Waals surface area contributed by atoms with Crippen molar-refractivity contribution in [2.24, 2.45) is 5.92 Å². The Morgan fingerprint density at radius 1 is 1.24 bits per heavy atom. The molecule has 0 aliphatic carbocycles. The molecular weight excluding hydrogens is 280 g/mol. The zero-order valence-electron chi connectivity index (χ0n) is 12.8. The number of benzene rings is 1. The minimum atomic E-state index is 0.534. The van der Waals surface area contributed by atoms with Crippen LogP contribution in [0.3, 0.4) is 0 Å². The topological polar surface area (TPSA) is 24.9 Å². The number of nitrogens with zero attached hydrogens (tertiary/aromatic N) is 1. The fraction of sp³-hybridized carbons (Fsp3) is 0.389. The van der Waals surface area contributed by atoms with E-state index in [2.05, 4.69) is 48.4 Å². The van der Waals surface area contributed by atoms with Gasteiger partial charge in [-0.15, -0.1) is 0 Å². The van der Waals surface area contributed by atoms with E-state index in [-0.39, 0.29) is 0 Å². The maximum atomic E-state index is 6.25. The Balaban J connectivity index is 2.09. The molecule has 0 radical (unpaired) electrons. The van der Waals surface area contributed by atoms with Gasteiger partial charge in [0.1, 0.15) is 0 Å². The van der Waals surface area contributed by atoms with Crippen molar-refractivity contribution < 1.29 is 0 Å². The molecule has 2 aromatic rings. The van der Waals surface area contributed by atoms with Crippen molar-refractivity contribution in [3.05, 3.63) is 64.4 Å². The number of aryl methyl sites for hydroxylation is 1. The fourth-order valence-corrected chi connectivity index (χ4v) is 2.81. The Kier molecular flexibility index (Phi) is 6.21. The largest absolute Gasteiger partial charge is 0.317 e. The molecule has 1 heterocycles. The van der Waals surface area contributed by atoms with E-state index in [1.807, 2.05) is 12.3 Å². The number of nitrogens with one attached hydrogen (secondary N) is 1. The van der Waals surface area contributed by atoms with E-state index >= 15 is 0 Å². The summed E-state index contributed by atoms with van der Waals surface area (Å²) in [4.78, 5) is 4.06. The van der Waals surface area contributed by atoms with Crippen LogP contribution in [0.2, 0.25) is 5.02 Å². The van der Waals surface area contributed by atoms with Gasteiger partial charge in [0.2, 0.25) is 0 Å². The van der Waals surface area contributed by atoms with Gasteiger partial charge in [0.15, 0.2) is 0 Å². The quantitative estimate of drug-likeness (QED) is 0.834. The molecular formula is C18H23ClN2. The smallest absolute Gasteiger partial charge is 0.0621 e. The molecule has 3 heteroatoms. The van der Waals surface area contributed by atoms with Crippen LogP contribution in [-0.4, -0.2) is 18.1 Å². The first kappa shape index (κ1) is 16.0. The summed E-state index contributed by atoms with van der Waals surface area (Å²) in [6, 6.07) is 10.8. The van der Waals surface area contributed by atoms with Crippen LogP contribution < -0.4 is 5.32 Å². The molecule has 1 atom stereocenters. The molecule has 1 unspecified atom stereocenters. The van der Waals surface area contributed by atoms with E-state index in [0.29, 0.717) is 5.92 Å². The zero-order valence-corrected chi connectivity index (χ0v) is 13.5. The third kappa shape index (κ3) is 5.14. The van der Waals surface area contributed by atoms with Crippen molar-refractivity contribution >= 4 is 11.6 Å². The molecule has 0 fully saturated rings. The van der Waals surface area contributed by atoms with E-state index in [1.165, 1.54) is 16.7 Å². The second kappa shape index (κ2) is 8.16. The van der Waals surface area contributed by atoms with Gasteiger partial charge in [-0.2, -0.15) is 0 Å². The van der Waals surface area contributed by atoms with Crippen molar-refractivity contribution in [3.63, 3.8) is 0 Å². The lowest BCUT2D eigenvalue weighted by Gasteiger charge is -2.18. The summed E-state index contributed by atoms with van der Waals surface area (Å²) in [5.74, 6) is 0.534. The average molecular weight is 303 g/mol. The van der Waals surface area contributed by atoms with Gasteiger partial charge < -0.3 is 5.32 Å². The Bertz CT molecular complexity index is 569. The zero-order chi connectivity index (χ0) is 15.1. The van der Waals surface area contributed by atoms with Gasteiger partial charge in [0.05, 0.1) is 5.02 Å². The van der Waals surface area contributed by atoms with Crippen LogP contribution in [-0.2, 0) is 12.8 Å². The van der Waals surface area contributed by atoms with Crippen LogP contribution in [0.15, 0.2) is 42.7 Å². The molecule has 0 aliphatic heterocycles. The number of aromatic nitrogens is 1. The second-order valence-corrected chi connectivity index (χ2v) is 5.95. The van der Waals surface area contributed by atoms with Crippen molar-refractivity contribution in [2.75, 3.05) is 13.1 Å². The lowest BCUT2D eigenvalue weighted by Crippen LogP contribution is -2.25. The van der Waals surface area contributed by atoms with Gasteiger partial charge in [0.25, 0.3) is 0 Å². The minimum Gasteiger partial charge on any atom is -0.317 e. The number of rotatable bonds is 7. The van der Waals surface area contributed by atoms with Crippen LogP contribution in [0.1, 0.15) is 23.6 Å². The first-order valence-electron chi connectivity index (χ1n) is 7.53.